The van der Waals surface area contributed by atoms with E-state index >= 15 is 0 Å². The van der Waals surface area contributed by atoms with E-state index in [1.165, 1.54) is 44.6 Å². The number of likely N-dealkylation sites (tertiary alicyclic amines) is 1. The SMILES string of the molecule is COc1ccc(C(OC[C@@]2(C)CN(C(=O)CCCCCCCCC(=O)NCCCCCCCCCC=CC(=O)NCCCCCCCCCC=CC(=O)O)C[C@@]2(C)CO)(c2ccccc2)c2ccc(OC)cc2)cc1. The van der Waals surface area contributed by atoms with Crippen LogP contribution in [0.5, 0.6) is 11.5 Å². The number of carboxylic acids is 1. The molecule has 0 saturated carbocycles. The smallest absolute Gasteiger partial charge is 0.327 e. The summed E-state index contributed by atoms with van der Waals surface area (Å²) < 4.78 is 18.4. The summed E-state index contributed by atoms with van der Waals surface area (Å²) in [4.78, 5) is 50.7. The highest BCUT2D eigenvalue weighted by molar-refractivity contribution is 5.87. The number of benzene rings is 3. The number of hydrogen-bond donors (Lipinski definition) is 4. The normalized spacial score (nSPS) is 16.7. The molecule has 3 aromatic carbocycles. The molecule has 1 heterocycles. The minimum absolute atomic E-state index is 0.00581. The largest absolute Gasteiger partial charge is 0.497 e. The summed E-state index contributed by atoms with van der Waals surface area (Å²) in [5, 5.41) is 25.6. The fourth-order valence-corrected chi connectivity index (χ4v) is 10.2. The van der Waals surface area contributed by atoms with Crippen LogP contribution in [0, 0.1) is 10.8 Å². The molecule has 0 spiro atoms. The van der Waals surface area contributed by atoms with E-state index in [1.54, 1.807) is 26.4 Å². The summed E-state index contributed by atoms with van der Waals surface area (Å²) in [5.74, 6) is 0.850. The van der Waals surface area contributed by atoms with Crippen molar-refractivity contribution >= 4 is 23.7 Å². The van der Waals surface area contributed by atoms with Gasteiger partial charge in [-0.15, -0.1) is 0 Å². The molecule has 0 radical (unpaired) electrons. The number of aliphatic carboxylic acids is 1. The second kappa shape index (κ2) is 35.0. The highest BCUT2D eigenvalue weighted by Crippen LogP contribution is 2.49. The van der Waals surface area contributed by atoms with Gasteiger partial charge in [0.1, 0.15) is 17.1 Å². The second-order valence-corrected chi connectivity index (χ2v) is 21.3. The van der Waals surface area contributed by atoms with E-state index in [0.29, 0.717) is 32.5 Å². The molecule has 0 unspecified atom stereocenters. The number of hydrogen-bond acceptors (Lipinski definition) is 8. The van der Waals surface area contributed by atoms with Crippen molar-refractivity contribution in [3.63, 3.8) is 0 Å². The first kappa shape index (κ1) is 62.1. The van der Waals surface area contributed by atoms with Crippen LogP contribution in [-0.2, 0) is 29.5 Å². The highest BCUT2D eigenvalue weighted by Gasteiger charge is 2.54. The van der Waals surface area contributed by atoms with Crippen LogP contribution in [0.4, 0.5) is 0 Å². The Bertz CT molecular complexity index is 2100. The number of methoxy groups -OCH3 is 2. The predicted molar refractivity (Wildman–Crippen MR) is 301 cm³/mol. The first-order chi connectivity index (χ1) is 36.4. The van der Waals surface area contributed by atoms with E-state index in [-0.39, 0.29) is 30.9 Å². The standard InChI is InChI=1S/C63H93N3O9/c1-61(50-67)48-66(49-62(61,2)51-75-63(52-32-24-23-25-33-52,53-38-42-55(73-3)43-39-53)54-40-44-56(74-4)45-41-54)59(70)36-28-19-14-13-18-27-35-58(69)65-47-30-21-15-9-5-7-11-17-26-34-57(68)64-46-31-22-16-10-6-8-12-20-29-37-60(71)72/h23-26,29,32-34,37-45,67H,5-22,27-28,30-31,35-36,46-51H2,1-4H3,(H,64,68)(H,65,69)(H,71,72)/t61-,62+/m0/s1. The molecule has 12 heteroatoms. The number of unbranched alkanes of at least 4 members (excludes halogenated alkanes) is 19. The molecule has 1 aliphatic heterocycles. The van der Waals surface area contributed by atoms with Gasteiger partial charge in [0.2, 0.25) is 17.7 Å². The molecule has 414 valence electrons. The number of allylic oxidation sites excluding steroid dienone is 2. The molecule has 12 nitrogen and oxygen atoms in total. The molecule has 0 bridgehead atoms. The monoisotopic (exact) mass is 1040 g/mol. The first-order valence-electron chi connectivity index (χ1n) is 28.4. The minimum atomic E-state index is -1.01. The van der Waals surface area contributed by atoms with Gasteiger partial charge in [0.05, 0.1) is 27.4 Å². The van der Waals surface area contributed by atoms with Crippen LogP contribution in [0.1, 0.15) is 185 Å². The van der Waals surface area contributed by atoms with Gasteiger partial charge in [-0.2, -0.15) is 0 Å². The highest BCUT2D eigenvalue weighted by atomic mass is 16.5. The average Bonchev–Trinajstić information content (AvgIpc) is 3.70. The zero-order valence-electron chi connectivity index (χ0n) is 46.2. The lowest BCUT2D eigenvalue weighted by Gasteiger charge is -2.43. The zero-order chi connectivity index (χ0) is 54.0. The maximum absolute atomic E-state index is 13.8. The molecule has 1 saturated heterocycles. The maximum Gasteiger partial charge on any atom is 0.327 e. The number of ether oxygens (including phenoxy) is 3. The van der Waals surface area contributed by atoms with Gasteiger partial charge in [0, 0.05) is 55.9 Å². The van der Waals surface area contributed by atoms with Gasteiger partial charge in [-0.25, -0.2) is 4.79 Å². The molecule has 4 N–H and O–H groups in total. The molecule has 1 fully saturated rings. The quantitative estimate of drug-likeness (QED) is 0.0247. The Hall–Kier alpha value is -5.46. The fraction of sp³-hybridized carbons (Fsp3) is 0.587. The molecule has 75 heavy (non-hydrogen) atoms. The molecule has 3 amide bonds. The first-order valence-corrected chi connectivity index (χ1v) is 28.4. The van der Waals surface area contributed by atoms with Crippen molar-refractivity contribution in [2.24, 2.45) is 10.8 Å². The van der Waals surface area contributed by atoms with Gasteiger partial charge in [0.15, 0.2) is 0 Å². The Morgan fingerprint density at radius 3 is 1.51 bits per heavy atom. The number of carbonyl (C=O) groups is 4. The van der Waals surface area contributed by atoms with Gasteiger partial charge < -0.3 is 40.0 Å². The van der Waals surface area contributed by atoms with Crippen LogP contribution in [0.2, 0.25) is 0 Å². The van der Waals surface area contributed by atoms with E-state index in [2.05, 4.69) is 36.6 Å². The Morgan fingerprint density at radius 1 is 0.560 bits per heavy atom. The van der Waals surface area contributed by atoms with Crippen LogP contribution in [0.15, 0.2) is 103 Å². The number of carboxylic acid groups (broad SMARTS) is 1. The molecule has 2 atom stereocenters. The van der Waals surface area contributed by atoms with Crippen molar-refractivity contribution < 1.29 is 43.6 Å². The second-order valence-electron chi connectivity index (χ2n) is 21.3. The van der Waals surface area contributed by atoms with Gasteiger partial charge in [-0.1, -0.05) is 170 Å². The number of rotatable bonds is 40. The number of nitrogens with one attached hydrogen (secondary N) is 2. The van der Waals surface area contributed by atoms with E-state index < -0.39 is 22.4 Å². The Kier molecular flexibility index (Phi) is 29.0. The molecule has 3 aromatic rings. The van der Waals surface area contributed by atoms with E-state index in [9.17, 15) is 24.3 Å². The summed E-state index contributed by atoms with van der Waals surface area (Å²) in [6.45, 7) is 6.81. The predicted octanol–water partition coefficient (Wildman–Crippen LogP) is 12.7. The summed E-state index contributed by atoms with van der Waals surface area (Å²) in [6, 6.07) is 26.1. The fourth-order valence-electron chi connectivity index (χ4n) is 10.2. The van der Waals surface area contributed by atoms with Crippen molar-refractivity contribution in [2.75, 3.05) is 53.6 Å². The number of carbonyl (C=O) groups excluding carboxylic acids is 3. The van der Waals surface area contributed by atoms with Gasteiger partial charge in [0.25, 0.3) is 0 Å². The van der Waals surface area contributed by atoms with E-state index in [1.807, 2.05) is 77.7 Å². The zero-order valence-corrected chi connectivity index (χ0v) is 46.2. The molecule has 0 aromatic heterocycles. The lowest BCUT2D eigenvalue weighted by Crippen LogP contribution is -2.46. The van der Waals surface area contributed by atoms with Gasteiger partial charge >= 0.3 is 5.97 Å². The summed E-state index contributed by atoms with van der Waals surface area (Å²) in [7, 11) is 3.31. The number of amides is 3. The molecule has 1 aliphatic rings. The lowest BCUT2D eigenvalue weighted by atomic mass is 9.68. The van der Waals surface area contributed by atoms with Crippen molar-refractivity contribution in [2.45, 2.75) is 174 Å². The Morgan fingerprint density at radius 2 is 1.00 bits per heavy atom. The number of aliphatic hydroxyl groups excluding tert-OH is 1. The van der Waals surface area contributed by atoms with Crippen LogP contribution in [0.25, 0.3) is 0 Å². The van der Waals surface area contributed by atoms with Crippen molar-refractivity contribution in [1.29, 1.82) is 0 Å². The van der Waals surface area contributed by atoms with Crippen molar-refractivity contribution in [1.82, 2.24) is 15.5 Å². The molecular formula is C63H93N3O9. The Balaban J connectivity index is 1.03. The molecular weight excluding hydrogens is 943 g/mol. The minimum Gasteiger partial charge on any atom is -0.497 e. The third-order valence-electron chi connectivity index (χ3n) is 15.3. The Labute approximate surface area is 450 Å². The lowest BCUT2D eigenvalue weighted by molar-refractivity contribution is -0.132. The van der Waals surface area contributed by atoms with Crippen LogP contribution < -0.4 is 20.1 Å². The van der Waals surface area contributed by atoms with Crippen molar-refractivity contribution in [3.05, 3.63) is 120 Å². The van der Waals surface area contributed by atoms with Crippen LogP contribution in [0.3, 0.4) is 0 Å². The third-order valence-corrected chi connectivity index (χ3v) is 15.3. The average molecular weight is 1040 g/mol. The summed E-state index contributed by atoms with van der Waals surface area (Å²) >= 11 is 0. The maximum atomic E-state index is 13.8. The summed E-state index contributed by atoms with van der Waals surface area (Å²) in [6.07, 6.45) is 30.8. The van der Waals surface area contributed by atoms with Crippen molar-refractivity contribution in [3.8, 4) is 11.5 Å². The van der Waals surface area contributed by atoms with Crippen LogP contribution in [-0.4, -0.2) is 92.4 Å². The van der Waals surface area contributed by atoms with Gasteiger partial charge in [-0.3, -0.25) is 14.4 Å². The van der Waals surface area contributed by atoms with Crippen LogP contribution >= 0.6 is 0 Å². The molecule has 4 rings (SSSR count). The molecule has 0 aliphatic carbocycles. The van der Waals surface area contributed by atoms with E-state index in [0.717, 1.165) is 137 Å². The van der Waals surface area contributed by atoms with E-state index in [4.69, 9.17) is 19.3 Å². The third kappa shape index (κ3) is 21.6. The topological polar surface area (TPSA) is 164 Å². The number of nitrogens with zero attached hydrogens (tertiary/aromatic N) is 1. The van der Waals surface area contributed by atoms with Gasteiger partial charge in [-0.05, 0) is 98.4 Å². The summed E-state index contributed by atoms with van der Waals surface area (Å²) in [5.41, 5.74) is 0.672. The number of aliphatic hydroxyl groups is 1.